The number of hydrogen-bond donors (Lipinski definition) is 2. The molecule has 0 bridgehead atoms. The van der Waals surface area contributed by atoms with Crippen molar-refractivity contribution in [3.63, 3.8) is 0 Å². The standard InChI is InChI=1S/C32H31N4O12P/c1-4-32(48-49(42,43)45-15-24-16(2)27(46-17(3)37)29(47-24)35-10-9-25(38)34-31(35)41)21-12-23-26-19(11-18-7-5-6-8-22(18)33-26)13-36(23)28(39)20(21)14-44-30(32)40/h5-12,16,24,27,29H,4,13-15H2,1-3H3,(H,42,43)(H,34,38,41)/t16-,24-,27-,29-,32+/m1/s1. The molecule has 3 aromatic heterocycles. The summed E-state index contributed by atoms with van der Waals surface area (Å²) in [5.41, 5.74) is -1.50. The van der Waals surface area contributed by atoms with Crippen LogP contribution >= 0.6 is 7.82 Å². The summed E-state index contributed by atoms with van der Waals surface area (Å²) in [5, 5.41) is 0.895. The van der Waals surface area contributed by atoms with Gasteiger partial charge in [-0.2, -0.15) is 0 Å². The molecule has 49 heavy (non-hydrogen) atoms. The number of para-hydroxylation sites is 1. The Balaban J connectivity index is 1.19. The highest BCUT2D eigenvalue weighted by atomic mass is 31.2. The van der Waals surface area contributed by atoms with Gasteiger partial charge in [-0.25, -0.2) is 19.1 Å². The summed E-state index contributed by atoms with van der Waals surface area (Å²) in [6.07, 6.45) is -2.30. The van der Waals surface area contributed by atoms with Gasteiger partial charge in [0.15, 0.2) is 12.3 Å². The fraction of sp³-hybridized carbons (Fsp3) is 0.375. The predicted octanol–water partition coefficient (Wildman–Crippen LogP) is 2.24. The topological polar surface area (TPSA) is 207 Å². The summed E-state index contributed by atoms with van der Waals surface area (Å²) in [4.78, 5) is 81.2. The molecule has 6 heterocycles. The van der Waals surface area contributed by atoms with E-state index >= 15 is 0 Å². The highest BCUT2D eigenvalue weighted by Gasteiger charge is 2.53. The van der Waals surface area contributed by atoms with Crippen LogP contribution in [-0.4, -0.2) is 54.7 Å². The third-order valence-electron chi connectivity index (χ3n) is 9.18. The first-order valence-corrected chi connectivity index (χ1v) is 17.0. The van der Waals surface area contributed by atoms with Crippen LogP contribution in [0.3, 0.4) is 0 Å². The maximum atomic E-state index is 13.8. The fourth-order valence-corrected chi connectivity index (χ4v) is 7.79. The number of esters is 2. The highest BCUT2D eigenvalue weighted by Crippen LogP contribution is 2.54. The number of hydrogen-bond acceptors (Lipinski definition) is 12. The maximum Gasteiger partial charge on any atom is 0.473 e. The Labute approximate surface area is 276 Å². The van der Waals surface area contributed by atoms with Gasteiger partial charge in [0.25, 0.3) is 11.1 Å². The van der Waals surface area contributed by atoms with Crippen molar-refractivity contribution < 1.29 is 42.3 Å². The maximum absolute atomic E-state index is 13.8. The number of carbonyl (C=O) groups excluding carboxylic acids is 2. The molecule has 7 rings (SSSR count). The smallest absolute Gasteiger partial charge is 0.458 e. The van der Waals surface area contributed by atoms with Crippen LogP contribution in [0.2, 0.25) is 0 Å². The van der Waals surface area contributed by atoms with E-state index in [9.17, 15) is 33.4 Å². The number of pyridine rings is 2. The first-order valence-electron chi connectivity index (χ1n) is 15.5. The minimum Gasteiger partial charge on any atom is -0.458 e. The van der Waals surface area contributed by atoms with E-state index in [2.05, 4.69) is 4.98 Å². The summed E-state index contributed by atoms with van der Waals surface area (Å²) < 4.78 is 43.9. The van der Waals surface area contributed by atoms with Gasteiger partial charge in [0.2, 0.25) is 5.60 Å². The molecule has 4 aromatic rings. The molecule has 1 saturated heterocycles. The first kappa shape index (κ1) is 32.8. The van der Waals surface area contributed by atoms with Gasteiger partial charge in [-0.3, -0.25) is 33.0 Å². The quantitative estimate of drug-likeness (QED) is 0.177. The van der Waals surface area contributed by atoms with Gasteiger partial charge in [-0.1, -0.05) is 32.0 Å². The van der Waals surface area contributed by atoms with E-state index in [0.717, 1.165) is 21.6 Å². The van der Waals surface area contributed by atoms with Crippen LogP contribution in [0, 0.1) is 5.92 Å². The molecule has 0 saturated carbocycles. The molecule has 0 radical (unpaired) electrons. The summed E-state index contributed by atoms with van der Waals surface area (Å²) in [5.74, 6) is -2.33. The van der Waals surface area contributed by atoms with E-state index in [0.29, 0.717) is 16.9 Å². The largest absolute Gasteiger partial charge is 0.473 e. The number of aromatic nitrogens is 4. The van der Waals surface area contributed by atoms with Crippen LogP contribution in [0.15, 0.2) is 63.0 Å². The van der Waals surface area contributed by atoms with Crippen LogP contribution in [0.4, 0.5) is 0 Å². The van der Waals surface area contributed by atoms with E-state index in [4.69, 9.17) is 28.2 Å². The second kappa shape index (κ2) is 12.0. The minimum atomic E-state index is -5.13. The summed E-state index contributed by atoms with van der Waals surface area (Å²) >= 11 is 0. The molecule has 6 atom stereocenters. The highest BCUT2D eigenvalue weighted by molar-refractivity contribution is 7.47. The van der Waals surface area contributed by atoms with Crippen molar-refractivity contribution in [3.8, 4) is 11.4 Å². The second-order valence-corrected chi connectivity index (χ2v) is 13.5. The molecule has 0 aliphatic carbocycles. The van der Waals surface area contributed by atoms with E-state index in [1.807, 2.05) is 30.3 Å². The average Bonchev–Trinajstić information content (AvgIpc) is 3.56. The summed E-state index contributed by atoms with van der Waals surface area (Å²) in [6.45, 7) is 3.61. The number of carbonyl (C=O) groups is 2. The third-order valence-corrected chi connectivity index (χ3v) is 10.2. The number of aromatic amines is 1. The van der Waals surface area contributed by atoms with Gasteiger partial charge in [0.1, 0.15) is 6.61 Å². The van der Waals surface area contributed by atoms with Gasteiger partial charge in [0.05, 0.1) is 41.7 Å². The van der Waals surface area contributed by atoms with Gasteiger partial charge in [-0.15, -0.1) is 0 Å². The van der Waals surface area contributed by atoms with Crippen molar-refractivity contribution >= 4 is 30.7 Å². The van der Waals surface area contributed by atoms with E-state index in [1.54, 1.807) is 19.9 Å². The van der Waals surface area contributed by atoms with E-state index in [1.165, 1.54) is 17.7 Å². The lowest BCUT2D eigenvalue weighted by Gasteiger charge is -2.36. The Bertz CT molecular complexity index is 2260. The fourth-order valence-electron chi connectivity index (χ4n) is 6.71. The molecule has 1 aromatic carbocycles. The van der Waals surface area contributed by atoms with Crippen molar-refractivity contribution in [2.45, 2.75) is 64.4 Å². The minimum absolute atomic E-state index is 0.0705. The van der Waals surface area contributed by atoms with Crippen LogP contribution in [0.1, 0.15) is 50.1 Å². The zero-order valence-electron chi connectivity index (χ0n) is 26.5. The molecule has 1 unspecified atom stereocenters. The SMILES string of the molecule is CC[C@@]1(OP(=O)(O)OC[C@H]2O[C@@H](n3ccc(=O)[nH]c3=O)[C@H](OC(C)=O)[C@@H]2C)C(=O)OCc2c1cc1n(c2=O)Cc2cc3ccccc3nc2-1. The second-order valence-electron chi connectivity index (χ2n) is 12.1. The lowest BCUT2D eigenvalue weighted by atomic mass is 9.86. The molecule has 2 N–H and O–H groups in total. The molecular weight excluding hydrogens is 663 g/mol. The zero-order valence-corrected chi connectivity index (χ0v) is 27.4. The van der Waals surface area contributed by atoms with Crippen molar-refractivity contribution in [2.24, 2.45) is 5.92 Å². The molecule has 17 heteroatoms. The van der Waals surface area contributed by atoms with Gasteiger partial charge in [-0.05, 0) is 24.6 Å². The van der Waals surface area contributed by atoms with Crippen LogP contribution in [0.5, 0.6) is 0 Å². The lowest BCUT2D eigenvalue weighted by Crippen LogP contribution is -2.46. The van der Waals surface area contributed by atoms with Crippen LogP contribution in [0.25, 0.3) is 22.3 Å². The molecule has 3 aliphatic heterocycles. The summed E-state index contributed by atoms with van der Waals surface area (Å²) in [7, 11) is -5.13. The van der Waals surface area contributed by atoms with Crippen molar-refractivity contribution in [1.29, 1.82) is 0 Å². The normalized spacial score (nSPS) is 25.3. The molecule has 0 spiro atoms. The van der Waals surface area contributed by atoms with Crippen LogP contribution in [-0.2, 0) is 56.2 Å². The Morgan fingerprint density at radius 2 is 1.96 bits per heavy atom. The monoisotopic (exact) mass is 694 g/mol. The molecule has 0 amide bonds. The number of rotatable bonds is 8. The van der Waals surface area contributed by atoms with Crippen molar-refractivity contribution in [3.05, 3.63) is 96.5 Å². The predicted molar refractivity (Wildman–Crippen MR) is 169 cm³/mol. The Morgan fingerprint density at radius 3 is 2.69 bits per heavy atom. The number of phosphoric acid groups is 1. The summed E-state index contributed by atoms with van der Waals surface area (Å²) in [6, 6.07) is 12.1. The lowest BCUT2D eigenvalue weighted by molar-refractivity contribution is -0.171. The van der Waals surface area contributed by atoms with E-state index in [-0.39, 0.29) is 30.7 Å². The average molecular weight is 695 g/mol. The van der Waals surface area contributed by atoms with Crippen LogP contribution < -0.4 is 16.8 Å². The third kappa shape index (κ3) is 5.55. The number of phosphoric ester groups is 1. The van der Waals surface area contributed by atoms with E-state index < -0.39 is 73.1 Å². The number of cyclic esters (lactones) is 1. The number of nitrogens with zero attached hydrogens (tertiary/aromatic N) is 3. The first-order chi connectivity index (χ1) is 23.3. The Morgan fingerprint density at radius 1 is 1.18 bits per heavy atom. The molecule has 1 fully saturated rings. The number of H-pyrrole nitrogens is 1. The Kier molecular flexibility index (Phi) is 8.03. The molecule has 16 nitrogen and oxygen atoms in total. The number of nitrogens with one attached hydrogen (secondary N) is 1. The molecule has 3 aliphatic rings. The number of fused-ring (bicyclic) bond motifs is 5. The number of benzene rings is 1. The van der Waals surface area contributed by atoms with Gasteiger partial charge in [0, 0.05) is 41.6 Å². The van der Waals surface area contributed by atoms with Crippen molar-refractivity contribution in [1.82, 2.24) is 19.1 Å². The van der Waals surface area contributed by atoms with Gasteiger partial charge >= 0.3 is 25.5 Å². The Hall–Kier alpha value is -4.73. The van der Waals surface area contributed by atoms with Gasteiger partial charge < -0.3 is 23.7 Å². The van der Waals surface area contributed by atoms with Crippen molar-refractivity contribution in [2.75, 3.05) is 6.61 Å². The zero-order chi connectivity index (χ0) is 34.8. The molecule has 256 valence electrons. The number of ether oxygens (including phenoxy) is 3. The molecular formula is C32H31N4O12P.